The van der Waals surface area contributed by atoms with Gasteiger partial charge in [-0.25, -0.2) is 0 Å². The van der Waals surface area contributed by atoms with E-state index < -0.39 is 0 Å². The second-order valence-electron chi connectivity index (χ2n) is 4.78. The van der Waals surface area contributed by atoms with Crippen LogP contribution in [0, 0.1) is 0 Å². The van der Waals surface area contributed by atoms with Crippen LogP contribution in [0.2, 0.25) is 0 Å². The smallest absolute Gasteiger partial charge is 0.221 e. The van der Waals surface area contributed by atoms with Crippen molar-refractivity contribution in [2.24, 2.45) is 0 Å². The Bertz CT molecular complexity index is 351. The van der Waals surface area contributed by atoms with E-state index in [9.17, 15) is 4.79 Å². The highest BCUT2D eigenvalue weighted by Gasteiger charge is 2.10. The van der Waals surface area contributed by atoms with Crippen molar-refractivity contribution in [3.63, 3.8) is 0 Å². The molecule has 0 aliphatic carbocycles. The summed E-state index contributed by atoms with van der Waals surface area (Å²) in [7, 11) is 0. The quantitative estimate of drug-likeness (QED) is 0.777. The van der Waals surface area contributed by atoms with Crippen molar-refractivity contribution < 1.29 is 4.79 Å². The van der Waals surface area contributed by atoms with E-state index in [1.165, 1.54) is 5.56 Å². The summed E-state index contributed by atoms with van der Waals surface area (Å²) < 4.78 is 0. The summed E-state index contributed by atoms with van der Waals surface area (Å²) in [6, 6.07) is 10.5. The number of hydrogen-bond acceptors (Lipinski definition) is 2. The summed E-state index contributed by atoms with van der Waals surface area (Å²) in [5.74, 6) is 0.468. The maximum absolute atomic E-state index is 11.7. The van der Waals surface area contributed by atoms with Crippen LogP contribution in [0.1, 0.15) is 38.7 Å². The Morgan fingerprint density at radius 3 is 2.50 bits per heavy atom. The minimum Gasteiger partial charge on any atom is -0.355 e. The normalized spacial score (nSPS) is 13.9. The molecule has 2 N–H and O–H groups in total. The van der Waals surface area contributed by atoms with Gasteiger partial charge in [-0.3, -0.25) is 4.79 Å². The number of carbonyl (C=O) groups excluding carboxylic acids is 1. The molecular formula is C15H24N2O. The fourth-order valence-electron chi connectivity index (χ4n) is 1.94. The minimum absolute atomic E-state index is 0.117. The Labute approximate surface area is 110 Å². The lowest BCUT2D eigenvalue weighted by atomic mass is 10.0. The number of rotatable bonds is 7. The first kappa shape index (κ1) is 14.7. The zero-order valence-electron chi connectivity index (χ0n) is 11.6. The highest BCUT2D eigenvalue weighted by molar-refractivity contribution is 5.76. The highest BCUT2D eigenvalue weighted by atomic mass is 16.1. The molecule has 0 fully saturated rings. The molecule has 0 saturated heterocycles. The Balaban J connectivity index is 2.30. The molecule has 1 amide bonds. The predicted octanol–water partition coefficient (Wildman–Crippen LogP) is 2.29. The lowest BCUT2D eigenvalue weighted by Gasteiger charge is -2.15. The average Bonchev–Trinajstić information content (AvgIpc) is 2.37. The van der Waals surface area contributed by atoms with Gasteiger partial charge in [0.25, 0.3) is 0 Å². The molecule has 0 aliphatic rings. The van der Waals surface area contributed by atoms with Gasteiger partial charge in [-0.05, 0) is 24.9 Å². The molecule has 0 heterocycles. The second kappa shape index (κ2) is 7.88. The van der Waals surface area contributed by atoms with E-state index in [-0.39, 0.29) is 11.9 Å². The molecule has 0 spiro atoms. The molecule has 3 nitrogen and oxygen atoms in total. The van der Waals surface area contributed by atoms with Crippen LogP contribution >= 0.6 is 0 Å². The summed E-state index contributed by atoms with van der Waals surface area (Å²) in [6.07, 6.45) is 0.537. The Morgan fingerprint density at radius 1 is 1.22 bits per heavy atom. The predicted molar refractivity (Wildman–Crippen MR) is 75.6 cm³/mol. The number of nitrogens with one attached hydrogen (secondary N) is 2. The van der Waals surface area contributed by atoms with Crippen LogP contribution in [-0.2, 0) is 4.79 Å². The van der Waals surface area contributed by atoms with Gasteiger partial charge in [-0.2, -0.15) is 0 Å². The van der Waals surface area contributed by atoms with Crippen molar-refractivity contribution >= 4 is 5.91 Å². The number of benzene rings is 1. The second-order valence-corrected chi connectivity index (χ2v) is 4.78. The van der Waals surface area contributed by atoms with E-state index in [4.69, 9.17) is 0 Å². The maximum Gasteiger partial charge on any atom is 0.221 e. The number of carbonyl (C=O) groups is 1. The third-order valence-corrected chi connectivity index (χ3v) is 3.02. The first-order valence-electron chi connectivity index (χ1n) is 6.68. The minimum atomic E-state index is 0.117. The van der Waals surface area contributed by atoms with Gasteiger partial charge in [0, 0.05) is 19.0 Å². The average molecular weight is 248 g/mol. The fraction of sp³-hybridized carbons (Fsp3) is 0.533. The van der Waals surface area contributed by atoms with Crippen molar-refractivity contribution in [1.29, 1.82) is 0 Å². The molecule has 0 radical (unpaired) electrons. The Kier molecular flexibility index (Phi) is 6.44. The molecule has 0 aromatic heterocycles. The third kappa shape index (κ3) is 5.32. The molecule has 0 aliphatic heterocycles. The summed E-state index contributed by atoms with van der Waals surface area (Å²) in [5, 5.41) is 6.23. The summed E-state index contributed by atoms with van der Waals surface area (Å²) >= 11 is 0. The molecular weight excluding hydrogens is 224 g/mol. The third-order valence-electron chi connectivity index (χ3n) is 3.02. The first-order chi connectivity index (χ1) is 8.63. The van der Waals surface area contributed by atoms with E-state index in [0.717, 1.165) is 6.54 Å². The summed E-state index contributed by atoms with van der Waals surface area (Å²) in [5.41, 5.74) is 1.26. The topological polar surface area (TPSA) is 41.1 Å². The fourth-order valence-corrected chi connectivity index (χ4v) is 1.94. The van der Waals surface area contributed by atoms with Gasteiger partial charge in [0.15, 0.2) is 0 Å². The standard InChI is InChI=1S/C15H24N2O/c1-4-16-13(3)10-15(18)17-11-12(2)14-8-6-5-7-9-14/h5-9,12-13,16H,4,10-11H2,1-3H3,(H,17,18). The molecule has 1 rings (SSSR count). The molecule has 1 aromatic rings. The van der Waals surface area contributed by atoms with Crippen molar-refractivity contribution in [2.45, 2.75) is 39.2 Å². The van der Waals surface area contributed by atoms with Gasteiger partial charge in [-0.15, -0.1) is 0 Å². The van der Waals surface area contributed by atoms with Gasteiger partial charge in [-0.1, -0.05) is 44.2 Å². The van der Waals surface area contributed by atoms with Crippen LogP contribution in [0.4, 0.5) is 0 Å². The lowest BCUT2D eigenvalue weighted by Crippen LogP contribution is -2.35. The zero-order chi connectivity index (χ0) is 13.4. The van der Waals surface area contributed by atoms with Crippen LogP contribution < -0.4 is 10.6 Å². The van der Waals surface area contributed by atoms with Crippen molar-refractivity contribution in [3.05, 3.63) is 35.9 Å². The highest BCUT2D eigenvalue weighted by Crippen LogP contribution is 2.12. The van der Waals surface area contributed by atoms with Gasteiger partial charge in [0.2, 0.25) is 5.91 Å². The molecule has 100 valence electrons. The van der Waals surface area contributed by atoms with E-state index in [2.05, 4.69) is 29.7 Å². The number of amides is 1. The van der Waals surface area contributed by atoms with E-state index in [1.54, 1.807) is 0 Å². The molecule has 0 bridgehead atoms. The van der Waals surface area contributed by atoms with Crippen molar-refractivity contribution in [1.82, 2.24) is 10.6 Å². The monoisotopic (exact) mass is 248 g/mol. The molecule has 2 unspecified atom stereocenters. The molecule has 18 heavy (non-hydrogen) atoms. The molecule has 2 atom stereocenters. The van der Waals surface area contributed by atoms with Crippen molar-refractivity contribution in [3.8, 4) is 0 Å². The van der Waals surface area contributed by atoms with Crippen LogP contribution in [0.25, 0.3) is 0 Å². The van der Waals surface area contributed by atoms with Crippen LogP contribution in [0.5, 0.6) is 0 Å². The Morgan fingerprint density at radius 2 is 1.89 bits per heavy atom. The number of hydrogen-bond donors (Lipinski definition) is 2. The van der Waals surface area contributed by atoms with E-state index in [1.807, 2.05) is 32.0 Å². The van der Waals surface area contributed by atoms with Gasteiger partial charge in [0.05, 0.1) is 0 Å². The molecule has 3 heteroatoms. The SMILES string of the molecule is CCNC(C)CC(=O)NCC(C)c1ccccc1. The van der Waals surface area contributed by atoms with E-state index in [0.29, 0.717) is 18.9 Å². The van der Waals surface area contributed by atoms with Crippen LogP contribution in [-0.4, -0.2) is 25.0 Å². The summed E-state index contributed by atoms with van der Waals surface area (Å²) in [6.45, 7) is 7.80. The largest absolute Gasteiger partial charge is 0.355 e. The van der Waals surface area contributed by atoms with Gasteiger partial charge < -0.3 is 10.6 Å². The molecule has 0 saturated carbocycles. The van der Waals surface area contributed by atoms with Crippen molar-refractivity contribution in [2.75, 3.05) is 13.1 Å². The van der Waals surface area contributed by atoms with Crippen LogP contribution in [0.15, 0.2) is 30.3 Å². The Hall–Kier alpha value is -1.35. The van der Waals surface area contributed by atoms with E-state index >= 15 is 0 Å². The van der Waals surface area contributed by atoms with Crippen LogP contribution in [0.3, 0.4) is 0 Å². The first-order valence-corrected chi connectivity index (χ1v) is 6.68. The maximum atomic E-state index is 11.7. The zero-order valence-corrected chi connectivity index (χ0v) is 11.6. The molecule has 1 aromatic carbocycles. The summed E-state index contributed by atoms with van der Waals surface area (Å²) in [4.78, 5) is 11.7. The van der Waals surface area contributed by atoms with Gasteiger partial charge in [0.1, 0.15) is 0 Å². The van der Waals surface area contributed by atoms with Gasteiger partial charge >= 0.3 is 0 Å². The lowest BCUT2D eigenvalue weighted by molar-refractivity contribution is -0.121.